The van der Waals surface area contributed by atoms with Gasteiger partial charge in [0.25, 0.3) is 0 Å². The van der Waals surface area contributed by atoms with Crippen LogP contribution >= 0.6 is 0 Å². The van der Waals surface area contributed by atoms with Crippen molar-refractivity contribution in [2.24, 2.45) is 4.99 Å². The molecule has 1 rings (SSSR count). The second-order valence-electron chi connectivity index (χ2n) is 6.12. The largest absolute Gasteiger partial charge is 0.356 e. The molecule has 3 N–H and O–H groups in total. The van der Waals surface area contributed by atoms with Gasteiger partial charge in [0.05, 0.1) is 0 Å². The van der Waals surface area contributed by atoms with Gasteiger partial charge in [-0.1, -0.05) is 20.3 Å². The molecule has 0 bridgehead atoms. The molecule has 0 saturated carbocycles. The van der Waals surface area contributed by atoms with E-state index in [1.54, 1.807) is 7.05 Å². The summed E-state index contributed by atoms with van der Waals surface area (Å²) in [6.07, 6.45) is 6.70. The molecule has 0 aromatic rings. The molecule has 1 atom stereocenters. The Bertz CT molecular complexity index is 359. The van der Waals surface area contributed by atoms with Crippen LogP contribution in [-0.4, -0.2) is 62.6 Å². The molecule has 6 heteroatoms. The zero-order valence-corrected chi connectivity index (χ0v) is 15.2. The predicted molar refractivity (Wildman–Crippen MR) is 96.8 cm³/mol. The topological polar surface area (TPSA) is 68.8 Å². The van der Waals surface area contributed by atoms with Crippen molar-refractivity contribution < 1.29 is 4.79 Å². The van der Waals surface area contributed by atoms with Gasteiger partial charge >= 0.3 is 0 Å². The summed E-state index contributed by atoms with van der Waals surface area (Å²) in [6.45, 7) is 8.84. The maximum atomic E-state index is 11.5. The van der Waals surface area contributed by atoms with Crippen molar-refractivity contribution in [3.8, 4) is 0 Å². The maximum absolute atomic E-state index is 11.5. The number of aliphatic imine (C=N–C) groups is 1. The summed E-state index contributed by atoms with van der Waals surface area (Å²) >= 11 is 0. The normalized spacial score (nSPS) is 19.4. The number of carbonyl (C=O) groups is 1. The number of amides is 1. The first-order valence-electron chi connectivity index (χ1n) is 9.16. The van der Waals surface area contributed by atoms with Crippen LogP contribution in [0.1, 0.15) is 52.4 Å². The number of guanidine groups is 1. The quantitative estimate of drug-likeness (QED) is 0.442. The number of hydrogen-bond donors (Lipinski definition) is 3. The van der Waals surface area contributed by atoms with Crippen molar-refractivity contribution >= 4 is 11.9 Å². The van der Waals surface area contributed by atoms with Crippen LogP contribution in [0.3, 0.4) is 0 Å². The number of carbonyl (C=O) groups excluding carboxylic acids is 1. The minimum absolute atomic E-state index is 0.0916. The third-order valence-corrected chi connectivity index (χ3v) is 4.35. The van der Waals surface area contributed by atoms with Gasteiger partial charge in [-0.15, -0.1) is 0 Å². The Morgan fingerprint density at radius 2 is 1.91 bits per heavy atom. The van der Waals surface area contributed by atoms with E-state index in [-0.39, 0.29) is 5.91 Å². The SMILES string of the molecule is CCCNC(=O)CCNC(=NC)NCCN1CCCCC1CC. The Balaban J connectivity index is 2.17. The zero-order chi connectivity index (χ0) is 16.9. The number of likely N-dealkylation sites (tertiary alicyclic amines) is 1. The Morgan fingerprint density at radius 3 is 2.61 bits per heavy atom. The van der Waals surface area contributed by atoms with Crippen LogP contribution < -0.4 is 16.0 Å². The Labute approximate surface area is 141 Å². The van der Waals surface area contributed by atoms with Gasteiger partial charge in [-0.2, -0.15) is 0 Å². The third kappa shape index (κ3) is 8.21. The van der Waals surface area contributed by atoms with E-state index in [0.29, 0.717) is 13.0 Å². The van der Waals surface area contributed by atoms with Crippen LogP contribution in [0.5, 0.6) is 0 Å². The highest BCUT2D eigenvalue weighted by Crippen LogP contribution is 2.18. The molecule has 134 valence electrons. The molecule has 1 amide bonds. The molecule has 0 radical (unpaired) electrons. The molecule has 0 spiro atoms. The molecule has 1 saturated heterocycles. The molecule has 1 unspecified atom stereocenters. The number of nitrogens with zero attached hydrogens (tertiary/aromatic N) is 2. The van der Waals surface area contributed by atoms with E-state index in [2.05, 4.69) is 39.7 Å². The van der Waals surface area contributed by atoms with Crippen molar-refractivity contribution in [1.29, 1.82) is 0 Å². The maximum Gasteiger partial charge on any atom is 0.221 e. The minimum atomic E-state index is 0.0916. The lowest BCUT2D eigenvalue weighted by Crippen LogP contribution is -2.46. The molecule has 0 aliphatic carbocycles. The Morgan fingerprint density at radius 1 is 1.13 bits per heavy atom. The van der Waals surface area contributed by atoms with Gasteiger partial charge in [0.1, 0.15) is 0 Å². The van der Waals surface area contributed by atoms with E-state index in [1.807, 2.05) is 0 Å². The first-order valence-corrected chi connectivity index (χ1v) is 9.16. The van der Waals surface area contributed by atoms with Gasteiger partial charge in [-0.25, -0.2) is 0 Å². The summed E-state index contributed by atoms with van der Waals surface area (Å²) < 4.78 is 0. The first-order chi connectivity index (χ1) is 11.2. The summed E-state index contributed by atoms with van der Waals surface area (Å²) in [4.78, 5) is 18.3. The average molecular weight is 326 g/mol. The van der Waals surface area contributed by atoms with Crippen molar-refractivity contribution in [2.45, 2.75) is 58.4 Å². The highest BCUT2D eigenvalue weighted by atomic mass is 16.1. The van der Waals surface area contributed by atoms with Crippen molar-refractivity contribution in [2.75, 3.05) is 39.8 Å². The second-order valence-corrected chi connectivity index (χ2v) is 6.12. The highest BCUT2D eigenvalue weighted by molar-refractivity contribution is 5.81. The molecule has 1 fully saturated rings. The highest BCUT2D eigenvalue weighted by Gasteiger charge is 2.19. The third-order valence-electron chi connectivity index (χ3n) is 4.35. The number of piperidine rings is 1. The summed E-state index contributed by atoms with van der Waals surface area (Å²) in [5.41, 5.74) is 0. The van der Waals surface area contributed by atoms with Crippen molar-refractivity contribution in [3.05, 3.63) is 0 Å². The van der Waals surface area contributed by atoms with Crippen LogP contribution in [0.25, 0.3) is 0 Å². The lowest BCUT2D eigenvalue weighted by atomic mass is 10.0. The van der Waals surface area contributed by atoms with Crippen molar-refractivity contribution in [3.63, 3.8) is 0 Å². The van der Waals surface area contributed by atoms with Gasteiger partial charge in [0.2, 0.25) is 5.91 Å². The van der Waals surface area contributed by atoms with Crippen LogP contribution in [0.2, 0.25) is 0 Å². The summed E-state index contributed by atoms with van der Waals surface area (Å²) in [6, 6.07) is 0.739. The first kappa shape index (κ1) is 19.7. The van der Waals surface area contributed by atoms with Crippen LogP contribution in [0.4, 0.5) is 0 Å². The molecular formula is C17H35N5O. The fourth-order valence-electron chi connectivity index (χ4n) is 3.00. The fourth-order valence-corrected chi connectivity index (χ4v) is 3.00. The van der Waals surface area contributed by atoms with Gasteiger partial charge in [-0.05, 0) is 32.2 Å². The smallest absolute Gasteiger partial charge is 0.221 e. The lowest BCUT2D eigenvalue weighted by molar-refractivity contribution is -0.120. The molecule has 1 aliphatic heterocycles. The minimum Gasteiger partial charge on any atom is -0.356 e. The Hall–Kier alpha value is -1.30. The predicted octanol–water partition coefficient (Wildman–Crippen LogP) is 1.33. The summed E-state index contributed by atoms with van der Waals surface area (Å²) in [5.74, 6) is 0.868. The second kappa shape index (κ2) is 12.2. The average Bonchev–Trinajstić information content (AvgIpc) is 2.58. The van der Waals surface area contributed by atoms with Gasteiger partial charge < -0.3 is 16.0 Å². The van der Waals surface area contributed by atoms with E-state index in [1.165, 1.54) is 32.2 Å². The monoisotopic (exact) mass is 325 g/mol. The van der Waals surface area contributed by atoms with E-state index in [9.17, 15) is 4.79 Å². The molecule has 23 heavy (non-hydrogen) atoms. The molecule has 0 aromatic heterocycles. The lowest BCUT2D eigenvalue weighted by Gasteiger charge is -2.35. The number of hydrogen-bond acceptors (Lipinski definition) is 3. The molecule has 0 aromatic carbocycles. The van der Waals surface area contributed by atoms with Crippen LogP contribution in [0, 0.1) is 0 Å². The van der Waals surface area contributed by atoms with E-state index < -0.39 is 0 Å². The molecule has 1 heterocycles. The zero-order valence-electron chi connectivity index (χ0n) is 15.2. The van der Waals surface area contributed by atoms with Crippen LogP contribution in [0.15, 0.2) is 4.99 Å². The standard InChI is InChI=1S/C17H35N5O/c1-4-10-19-16(23)9-11-20-17(18-3)21-12-14-22-13-7-6-8-15(22)5-2/h15H,4-14H2,1-3H3,(H,19,23)(H2,18,20,21). The van der Waals surface area contributed by atoms with E-state index >= 15 is 0 Å². The van der Waals surface area contributed by atoms with Gasteiger partial charge in [0.15, 0.2) is 5.96 Å². The molecule has 1 aliphatic rings. The van der Waals surface area contributed by atoms with Gasteiger partial charge in [0, 0.05) is 45.7 Å². The van der Waals surface area contributed by atoms with Crippen LogP contribution in [-0.2, 0) is 4.79 Å². The molecule has 6 nitrogen and oxygen atoms in total. The van der Waals surface area contributed by atoms with E-state index in [4.69, 9.17) is 0 Å². The van der Waals surface area contributed by atoms with Gasteiger partial charge in [-0.3, -0.25) is 14.7 Å². The Kier molecular flexibility index (Phi) is 10.4. The summed E-state index contributed by atoms with van der Waals surface area (Å²) in [7, 11) is 1.77. The summed E-state index contributed by atoms with van der Waals surface area (Å²) in [5, 5.41) is 9.42. The van der Waals surface area contributed by atoms with Crippen molar-refractivity contribution in [1.82, 2.24) is 20.9 Å². The number of rotatable bonds is 9. The fraction of sp³-hybridized carbons (Fsp3) is 0.882. The number of nitrogens with one attached hydrogen (secondary N) is 3. The van der Waals surface area contributed by atoms with E-state index in [0.717, 1.165) is 38.1 Å². The molecular weight excluding hydrogens is 290 g/mol.